The molecule has 1 unspecified atom stereocenters. The van der Waals surface area contributed by atoms with Crippen molar-refractivity contribution >= 4 is 0 Å². The van der Waals surface area contributed by atoms with Crippen LogP contribution in [0.25, 0.3) is 0 Å². The van der Waals surface area contributed by atoms with Gasteiger partial charge in [0.05, 0.1) is 5.60 Å². The van der Waals surface area contributed by atoms with Crippen molar-refractivity contribution in [3.05, 3.63) is 18.2 Å². The molecule has 1 aromatic rings. The highest BCUT2D eigenvalue weighted by molar-refractivity contribution is 4.92. The molecule has 0 fully saturated rings. The molecule has 86 valence electrons. The number of rotatable bonds is 5. The maximum atomic E-state index is 9.71. The number of nitrogens with zero attached hydrogens (tertiary/aromatic N) is 2. The SMILES string of the molecule is CC(NCCc1nccn1C)C(C)(C)O. The Kier molecular flexibility index (Phi) is 3.88. The molecular weight excluding hydrogens is 190 g/mol. The van der Waals surface area contributed by atoms with Gasteiger partial charge in [-0.05, 0) is 20.8 Å². The molecule has 0 amide bonds. The minimum absolute atomic E-state index is 0.0813. The van der Waals surface area contributed by atoms with Crippen LogP contribution in [-0.2, 0) is 13.5 Å². The quantitative estimate of drug-likeness (QED) is 0.754. The summed E-state index contributed by atoms with van der Waals surface area (Å²) in [5, 5.41) is 13.0. The van der Waals surface area contributed by atoms with Crippen LogP contribution in [0.4, 0.5) is 0 Å². The first-order valence-electron chi connectivity index (χ1n) is 5.33. The number of aliphatic hydroxyl groups is 1. The van der Waals surface area contributed by atoms with Crippen LogP contribution in [0.1, 0.15) is 26.6 Å². The fraction of sp³-hybridized carbons (Fsp3) is 0.727. The zero-order chi connectivity index (χ0) is 11.5. The van der Waals surface area contributed by atoms with E-state index < -0.39 is 5.60 Å². The summed E-state index contributed by atoms with van der Waals surface area (Å²) in [5.41, 5.74) is -0.679. The summed E-state index contributed by atoms with van der Waals surface area (Å²) in [6.45, 7) is 6.44. The Balaban J connectivity index is 2.31. The minimum atomic E-state index is -0.679. The van der Waals surface area contributed by atoms with Gasteiger partial charge < -0.3 is 15.0 Å². The van der Waals surface area contributed by atoms with E-state index in [2.05, 4.69) is 10.3 Å². The second-order valence-electron chi connectivity index (χ2n) is 4.53. The van der Waals surface area contributed by atoms with Crippen molar-refractivity contribution in [2.45, 2.75) is 38.8 Å². The lowest BCUT2D eigenvalue weighted by Gasteiger charge is -2.26. The van der Waals surface area contributed by atoms with E-state index in [-0.39, 0.29) is 6.04 Å². The van der Waals surface area contributed by atoms with Crippen molar-refractivity contribution in [2.24, 2.45) is 7.05 Å². The van der Waals surface area contributed by atoms with Crippen molar-refractivity contribution in [1.29, 1.82) is 0 Å². The van der Waals surface area contributed by atoms with Crippen LogP contribution in [0, 0.1) is 0 Å². The number of aryl methyl sites for hydroxylation is 1. The van der Waals surface area contributed by atoms with Crippen molar-refractivity contribution in [2.75, 3.05) is 6.54 Å². The highest BCUT2D eigenvalue weighted by atomic mass is 16.3. The van der Waals surface area contributed by atoms with Gasteiger partial charge in [0.1, 0.15) is 5.82 Å². The average molecular weight is 211 g/mol. The van der Waals surface area contributed by atoms with Crippen molar-refractivity contribution < 1.29 is 5.11 Å². The predicted octanol–water partition coefficient (Wildman–Crippen LogP) is 0.712. The van der Waals surface area contributed by atoms with Crippen LogP contribution in [0.2, 0.25) is 0 Å². The Morgan fingerprint density at radius 2 is 2.27 bits per heavy atom. The molecule has 0 aliphatic heterocycles. The van der Waals surface area contributed by atoms with Crippen LogP contribution in [0.3, 0.4) is 0 Å². The maximum Gasteiger partial charge on any atom is 0.109 e. The summed E-state index contributed by atoms with van der Waals surface area (Å²) < 4.78 is 2.01. The largest absolute Gasteiger partial charge is 0.389 e. The predicted molar refractivity (Wildman–Crippen MR) is 60.7 cm³/mol. The van der Waals surface area contributed by atoms with E-state index in [1.807, 2.05) is 38.6 Å². The first-order valence-corrected chi connectivity index (χ1v) is 5.33. The van der Waals surface area contributed by atoms with E-state index in [0.717, 1.165) is 18.8 Å². The van der Waals surface area contributed by atoms with Gasteiger partial charge in [0, 0.05) is 38.4 Å². The first-order chi connectivity index (χ1) is 6.91. The van der Waals surface area contributed by atoms with Crippen LogP contribution in [0.15, 0.2) is 12.4 Å². The van der Waals surface area contributed by atoms with Crippen molar-refractivity contribution in [3.8, 4) is 0 Å². The second-order valence-corrected chi connectivity index (χ2v) is 4.53. The monoisotopic (exact) mass is 211 g/mol. The van der Waals surface area contributed by atoms with Gasteiger partial charge in [-0.25, -0.2) is 4.98 Å². The number of hydrogen-bond donors (Lipinski definition) is 2. The first kappa shape index (κ1) is 12.2. The Bertz CT molecular complexity index is 301. The molecule has 15 heavy (non-hydrogen) atoms. The maximum absolute atomic E-state index is 9.71. The number of imidazole rings is 1. The molecule has 1 aromatic heterocycles. The van der Waals surface area contributed by atoms with Gasteiger partial charge in [0.2, 0.25) is 0 Å². The lowest BCUT2D eigenvalue weighted by Crippen LogP contribution is -2.45. The lowest BCUT2D eigenvalue weighted by atomic mass is 10.0. The summed E-state index contributed by atoms with van der Waals surface area (Å²) in [6, 6.07) is 0.0813. The molecule has 0 aliphatic rings. The van der Waals surface area contributed by atoms with E-state index in [9.17, 15) is 5.11 Å². The molecule has 0 saturated heterocycles. The Morgan fingerprint density at radius 3 is 2.73 bits per heavy atom. The summed E-state index contributed by atoms with van der Waals surface area (Å²) in [4.78, 5) is 4.24. The average Bonchev–Trinajstić information content (AvgIpc) is 2.50. The van der Waals surface area contributed by atoms with Crippen LogP contribution in [0.5, 0.6) is 0 Å². The third-order valence-electron chi connectivity index (χ3n) is 2.78. The van der Waals surface area contributed by atoms with Gasteiger partial charge in [-0.1, -0.05) is 0 Å². The molecule has 0 saturated carbocycles. The van der Waals surface area contributed by atoms with E-state index in [1.165, 1.54) is 0 Å². The van der Waals surface area contributed by atoms with E-state index in [4.69, 9.17) is 0 Å². The Labute approximate surface area is 91.3 Å². The molecule has 0 aromatic carbocycles. The molecule has 1 atom stereocenters. The summed E-state index contributed by atoms with van der Waals surface area (Å²) in [6.07, 6.45) is 4.62. The molecule has 2 N–H and O–H groups in total. The number of aromatic nitrogens is 2. The second kappa shape index (κ2) is 4.77. The molecule has 0 aliphatic carbocycles. The molecule has 0 spiro atoms. The fourth-order valence-electron chi connectivity index (χ4n) is 1.29. The van der Waals surface area contributed by atoms with Crippen LogP contribution >= 0.6 is 0 Å². The molecule has 0 radical (unpaired) electrons. The number of nitrogens with one attached hydrogen (secondary N) is 1. The molecule has 1 rings (SSSR count). The van der Waals surface area contributed by atoms with Crippen LogP contribution in [-0.4, -0.2) is 32.8 Å². The normalized spacial score (nSPS) is 14.2. The topological polar surface area (TPSA) is 50.1 Å². The highest BCUT2D eigenvalue weighted by Crippen LogP contribution is 2.07. The molecular formula is C11H21N3O. The standard InChI is InChI=1S/C11H21N3O/c1-9(11(2,3)15)12-6-5-10-13-7-8-14(10)4/h7-9,12,15H,5-6H2,1-4H3. The van der Waals surface area contributed by atoms with Gasteiger partial charge in [0.25, 0.3) is 0 Å². The van der Waals surface area contributed by atoms with Gasteiger partial charge in [-0.15, -0.1) is 0 Å². The Hall–Kier alpha value is -0.870. The summed E-state index contributed by atoms with van der Waals surface area (Å²) in [7, 11) is 1.99. The molecule has 4 heteroatoms. The third kappa shape index (κ3) is 3.64. The highest BCUT2D eigenvalue weighted by Gasteiger charge is 2.21. The minimum Gasteiger partial charge on any atom is -0.389 e. The van der Waals surface area contributed by atoms with E-state index >= 15 is 0 Å². The molecule has 0 bridgehead atoms. The smallest absolute Gasteiger partial charge is 0.109 e. The van der Waals surface area contributed by atoms with Crippen LogP contribution < -0.4 is 5.32 Å². The third-order valence-corrected chi connectivity index (χ3v) is 2.78. The van der Waals surface area contributed by atoms with E-state index in [1.54, 1.807) is 6.20 Å². The van der Waals surface area contributed by atoms with Crippen molar-refractivity contribution in [1.82, 2.24) is 14.9 Å². The van der Waals surface area contributed by atoms with Gasteiger partial charge >= 0.3 is 0 Å². The number of hydrogen-bond acceptors (Lipinski definition) is 3. The molecule has 4 nitrogen and oxygen atoms in total. The van der Waals surface area contributed by atoms with E-state index in [0.29, 0.717) is 0 Å². The summed E-state index contributed by atoms with van der Waals surface area (Å²) >= 11 is 0. The van der Waals surface area contributed by atoms with Gasteiger partial charge in [0.15, 0.2) is 0 Å². The Morgan fingerprint density at radius 1 is 1.60 bits per heavy atom. The van der Waals surface area contributed by atoms with Gasteiger partial charge in [-0.3, -0.25) is 0 Å². The lowest BCUT2D eigenvalue weighted by molar-refractivity contribution is 0.0445. The zero-order valence-corrected chi connectivity index (χ0v) is 9.99. The fourth-order valence-corrected chi connectivity index (χ4v) is 1.29. The zero-order valence-electron chi connectivity index (χ0n) is 9.99. The molecule has 1 heterocycles. The van der Waals surface area contributed by atoms with Gasteiger partial charge in [-0.2, -0.15) is 0 Å². The summed E-state index contributed by atoms with van der Waals surface area (Å²) in [5.74, 6) is 1.06. The van der Waals surface area contributed by atoms with Crippen molar-refractivity contribution in [3.63, 3.8) is 0 Å².